The third-order valence-corrected chi connectivity index (χ3v) is 3.65. The van der Waals surface area contributed by atoms with Crippen molar-refractivity contribution in [2.45, 2.75) is 12.8 Å². The van der Waals surface area contributed by atoms with E-state index in [1.165, 1.54) is 38.3 Å². The Kier molecular flexibility index (Phi) is 4.41. The number of non-ortho nitro benzene ring substituents is 1. The number of nitrogens with zero attached hydrogens (tertiary/aromatic N) is 2. The minimum Gasteiger partial charge on any atom is -0.466 e. The Bertz CT molecular complexity index is 745. The molecule has 1 amide bonds. The van der Waals surface area contributed by atoms with Crippen molar-refractivity contribution >= 4 is 17.6 Å². The minimum absolute atomic E-state index is 0.122. The summed E-state index contributed by atoms with van der Waals surface area (Å²) in [5.74, 6) is -3.16. The van der Waals surface area contributed by atoms with Crippen LogP contribution in [0.4, 0.5) is 5.69 Å². The van der Waals surface area contributed by atoms with Gasteiger partial charge in [-0.3, -0.25) is 14.9 Å². The first-order valence-electron chi connectivity index (χ1n) is 6.64. The van der Waals surface area contributed by atoms with E-state index in [0.717, 1.165) is 0 Å². The number of nitro benzene ring substituents is 1. The monoisotopic (exact) mass is 315 g/mol. The number of amides is 1. The minimum atomic E-state index is -1.13. The molecule has 1 aliphatic heterocycles. The molecule has 0 aliphatic carbocycles. The SMILES string of the molecule is COC(=O)C1=C(C)NC(=O)[C@H](C#N)[C@@H]1c1ccc([N+](=O)[O-])cc1. The zero-order valence-corrected chi connectivity index (χ0v) is 12.4. The Morgan fingerprint density at radius 3 is 2.48 bits per heavy atom. The number of hydrogen-bond donors (Lipinski definition) is 1. The number of carbonyl (C=O) groups is 2. The van der Waals surface area contributed by atoms with E-state index < -0.39 is 28.6 Å². The van der Waals surface area contributed by atoms with Crippen molar-refractivity contribution in [1.29, 1.82) is 5.26 Å². The van der Waals surface area contributed by atoms with Gasteiger partial charge in [-0.2, -0.15) is 5.26 Å². The molecule has 0 radical (unpaired) electrons. The Hall–Kier alpha value is -3.21. The van der Waals surface area contributed by atoms with Crippen molar-refractivity contribution in [2.24, 2.45) is 5.92 Å². The highest BCUT2D eigenvalue weighted by molar-refractivity contribution is 5.97. The number of nitriles is 1. The van der Waals surface area contributed by atoms with E-state index in [2.05, 4.69) is 5.32 Å². The van der Waals surface area contributed by atoms with Gasteiger partial charge in [-0.05, 0) is 12.5 Å². The number of nitro groups is 1. The molecule has 1 N–H and O–H groups in total. The van der Waals surface area contributed by atoms with E-state index in [0.29, 0.717) is 11.3 Å². The molecule has 8 nitrogen and oxygen atoms in total. The number of allylic oxidation sites excluding steroid dienone is 1. The quantitative estimate of drug-likeness (QED) is 0.511. The van der Waals surface area contributed by atoms with E-state index in [1.54, 1.807) is 0 Å². The highest BCUT2D eigenvalue weighted by Gasteiger charge is 2.41. The van der Waals surface area contributed by atoms with Gasteiger partial charge in [0.2, 0.25) is 5.91 Å². The molecule has 0 aromatic heterocycles. The van der Waals surface area contributed by atoms with Gasteiger partial charge in [0.05, 0.1) is 23.7 Å². The number of esters is 1. The smallest absolute Gasteiger partial charge is 0.336 e. The van der Waals surface area contributed by atoms with Gasteiger partial charge < -0.3 is 10.1 Å². The van der Waals surface area contributed by atoms with Crippen molar-refractivity contribution < 1.29 is 19.2 Å². The molecule has 1 aromatic rings. The predicted molar refractivity (Wildman–Crippen MR) is 77.8 cm³/mol. The Morgan fingerprint density at radius 2 is 2.00 bits per heavy atom. The zero-order chi connectivity index (χ0) is 17.1. The lowest BCUT2D eigenvalue weighted by atomic mass is 9.77. The van der Waals surface area contributed by atoms with Gasteiger partial charge in [0.25, 0.3) is 5.69 Å². The number of hydrogen-bond acceptors (Lipinski definition) is 6. The van der Waals surface area contributed by atoms with Gasteiger partial charge in [0.1, 0.15) is 5.92 Å². The molecular weight excluding hydrogens is 302 g/mol. The van der Waals surface area contributed by atoms with Crippen LogP contribution in [0.2, 0.25) is 0 Å². The molecule has 23 heavy (non-hydrogen) atoms. The van der Waals surface area contributed by atoms with Crippen LogP contribution < -0.4 is 5.32 Å². The van der Waals surface area contributed by atoms with Crippen molar-refractivity contribution in [3.63, 3.8) is 0 Å². The number of ether oxygens (including phenoxy) is 1. The third kappa shape index (κ3) is 2.89. The van der Waals surface area contributed by atoms with Crippen LogP contribution in [0.15, 0.2) is 35.5 Å². The predicted octanol–water partition coefficient (Wildman–Crippen LogP) is 1.39. The van der Waals surface area contributed by atoms with E-state index in [9.17, 15) is 25.0 Å². The summed E-state index contributed by atoms with van der Waals surface area (Å²) in [4.78, 5) is 34.3. The second-order valence-corrected chi connectivity index (χ2v) is 4.95. The molecule has 118 valence electrons. The zero-order valence-electron chi connectivity index (χ0n) is 12.4. The summed E-state index contributed by atoms with van der Waals surface area (Å²) in [6.07, 6.45) is 0. The van der Waals surface area contributed by atoms with Gasteiger partial charge in [-0.1, -0.05) is 12.1 Å². The molecule has 8 heteroatoms. The maximum Gasteiger partial charge on any atom is 0.336 e. The number of rotatable bonds is 3. The molecule has 1 heterocycles. The molecule has 0 fully saturated rings. The topological polar surface area (TPSA) is 122 Å². The van der Waals surface area contributed by atoms with E-state index in [4.69, 9.17) is 4.74 Å². The third-order valence-electron chi connectivity index (χ3n) is 3.65. The first kappa shape index (κ1) is 16.2. The largest absolute Gasteiger partial charge is 0.466 e. The van der Waals surface area contributed by atoms with Crippen LogP contribution in [-0.4, -0.2) is 23.9 Å². The molecule has 0 saturated heterocycles. The van der Waals surface area contributed by atoms with Crippen LogP contribution in [0.5, 0.6) is 0 Å². The van der Waals surface area contributed by atoms with Crippen LogP contribution >= 0.6 is 0 Å². The number of carbonyl (C=O) groups excluding carboxylic acids is 2. The molecule has 0 saturated carbocycles. The van der Waals surface area contributed by atoms with Crippen LogP contribution in [0, 0.1) is 27.4 Å². The fourth-order valence-electron chi connectivity index (χ4n) is 2.57. The van der Waals surface area contributed by atoms with E-state index in [-0.39, 0.29) is 11.3 Å². The summed E-state index contributed by atoms with van der Waals surface area (Å²) in [6, 6.07) is 7.28. The van der Waals surface area contributed by atoms with Gasteiger partial charge in [-0.15, -0.1) is 0 Å². The summed E-state index contributed by atoms with van der Waals surface area (Å²) in [5, 5.41) is 22.5. The van der Waals surface area contributed by atoms with Gasteiger partial charge in [0, 0.05) is 23.7 Å². The fraction of sp³-hybridized carbons (Fsp3) is 0.267. The first-order valence-corrected chi connectivity index (χ1v) is 6.64. The van der Waals surface area contributed by atoms with Crippen molar-refractivity contribution in [3.05, 3.63) is 51.2 Å². The molecule has 1 aromatic carbocycles. The molecule has 2 rings (SSSR count). The Balaban J connectivity index is 2.58. The van der Waals surface area contributed by atoms with Crippen molar-refractivity contribution in [3.8, 4) is 6.07 Å². The lowest BCUT2D eigenvalue weighted by Gasteiger charge is -2.29. The van der Waals surface area contributed by atoms with Crippen molar-refractivity contribution in [2.75, 3.05) is 7.11 Å². The van der Waals surface area contributed by atoms with E-state index >= 15 is 0 Å². The van der Waals surface area contributed by atoms with Gasteiger partial charge >= 0.3 is 5.97 Å². The Labute approximate surface area is 131 Å². The average molecular weight is 315 g/mol. The normalized spacial score (nSPS) is 20.5. The molecule has 1 aliphatic rings. The summed E-state index contributed by atoms with van der Waals surface area (Å²) < 4.78 is 4.74. The Morgan fingerprint density at radius 1 is 1.39 bits per heavy atom. The molecule has 0 spiro atoms. The van der Waals surface area contributed by atoms with Crippen LogP contribution in [0.1, 0.15) is 18.4 Å². The summed E-state index contributed by atoms with van der Waals surface area (Å²) in [5.41, 5.74) is 0.795. The number of methoxy groups -OCH3 is 1. The molecular formula is C15H13N3O5. The van der Waals surface area contributed by atoms with E-state index in [1.807, 2.05) is 6.07 Å². The maximum absolute atomic E-state index is 12.1. The van der Waals surface area contributed by atoms with Crippen LogP contribution in [0.25, 0.3) is 0 Å². The first-order chi connectivity index (χ1) is 10.9. The second-order valence-electron chi connectivity index (χ2n) is 4.95. The van der Waals surface area contributed by atoms with Crippen molar-refractivity contribution in [1.82, 2.24) is 5.32 Å². The summed E-state index contributed by atoms with van der Waals surface area (Å²) in [6.45, 7) is 1.54. The second kappa shape index (κ2) is 6.27. The number of benzene rings is 1. The fourth-order valence-corrected chi connectivity index (χ4v) is 2.57. The highest BCUT2D eigenvalue weighted by atomic mass is 16.6. The maximum atomic E-state index is 12.1. The lowest BCUT2D eigenvalue weighted by Crippen LogP contribution is -2.41. The lowest BCUT2D eigenvalue weighted by molar-refractivity contribution is -0.384. The average Bonchev–Trinajstić information content (AvgIpc) is 2.53. The highest BCUT2D eigenvalue weighted by Crippen LogP contribution is 2.37. The molecule has 2 atom stereocenters. The van der Waals surface area contributed by atoms with Crippen LogP contribution in [-0.2, 0) is 14.3 Å². The van der Waals surface area contributed by atoms with Gasteiger partial charge in [-0.25, -0.2) is 4.79 Å². The standard InChI is InChI=1S/C15H13N3O5/c1-8-12(15(20)23-2)13(11(7-16)14(19)17-8)9-3-5-10(6-4-9)18(21)22/h3-6,11,13H,1-2H3,(H,17,19)/t11-,13+/m1/s1. The summed E-state index contributed by atoms with van der Waals surface area (Å²) in [7, 11) is 1.20. The van der Waals surface area contributed by atoms with Gasteiger partial charge in [0.15, 0.2) is 0 Å². The summed E-state index contributed by atoms with van der Waals surface area (Å²) >= 11 is 0. The molecule has 0 bridgehead atoms. The number of nitrogens with one attached hydrogen (secondary N) is 1. The molecule has 0 unspecified atom stereocenters. The van der Waals surface area contributed by atoms with Crippen LogP contribution in [0.3, 0.4) is 0 Å².